The van der Waals surface area contributed by atoms with Gasteiger partial charge >= 0.3 is 0 Å². The first-order valence-corrected chi connectivity index (χ1v) is 39.9. The van der Waals surface area contributed by atoms with Crippen molar-refractivity contribution in [3.05, 3.63) is 239 Å². The number of rotatable bonds is 26. The largest absolute Gasteiger partial charge is 0.493 e. The Morgan fingerprint density at radius 3 is 1.09 bits per heavy atom. The Morgan fingerprint density at radius 2 is 0.695 bits per heavy atom. The van der Waals surface area contributed by atoms with Gasteiger partial charge in [0.15, 0.2) is 46.3 Å². The number of methoxy groups -OCH3 is 2. The Kier molecular flexibility index (Phi) is 27.2. The summed E-state index contributed by atoms with van der Waals surface area (Å²) in [5.41, 5.74) is 31.6. The molecule has 3 unspecified atom stereocenters. The molecule has 9 aromatic heterocycles. The molecular formula is C84H80F8N34O5. The molecule has 16 aromatic rings. The molecule has 1 fully saturated rings. The third kappa shape index (κ3) is 22.8. The summed E-state index contributed by atoms with van der Waals surface area (Å²) >= 11 is 0. The molecule has 0 amide bonds. The van der Waals surface area contributed by atoms with Gasteiger partial charge in [0.1, 0.15) is 46.5 Å². The monoisotopic (exact) mass is 1800 g/mol. The average Bonchev–Trinajstić information content (AvgIpc) is 1.73. The number of hydrogen-bond acceptors (Lipinski definition) is 35. The van der Waals surface area contributed by atoms with Crippen LogP contribution < -0.4 is 84.4 Å². The number of benzene rings is 7. The molecule has 0 bridgehead atoms. The average molecular weight is 1800 g/mol. The van der Waals surface area contributed by atoms with Crippen molar-refractivity contribution >= 4 is 106 Å². The van der Waals surface area contributed by atoms with Crippen molar-refractivity contribution in [1.82, 2.24) is 111 Å². The van der Waals surface area contributed by atoms with Crippen LogP contribution in [-0.2, 0) is 4.74 Å². The second kappa shape index (κ2) is 40.1. The maximum absolute atomic E-state index is 14.1. The quantitative estimate of drug-likeness (QED) is 0.0224. The number of nitrogens with two attached hydrogens (primary N) is 4. The lowest BCUT2D eigenvalue weighted by Gasteiger charge is -2.20. The molecule has 0 saturated carbocycles. The molecule has 47 heteroatoms. The van der Waals surface area contributed by atoms with Crippen LogP contribution in [0.25, 0.3) is 44.8 Å². The van der Waals surface area contributed by atoms with Crippen LogP contribution in [0.4, 0.5) is 130 Å². The highest BCUT2D eigenvalue weighted by Crippen LogP contribution is 2.38. The number of nitrogens with zero attached hydrogens (tertiary/aromatic N) is 18. The van der Waals surface area contributed by atoms with Crippen LogP contribution in [0.2, 0.25) is 0 Å². The Balaban J connectivity index is 0.000000134. The van der Waals surface area contributed by atoms with E-state index in [0.29, 0.717) is 57.9 Å². The van der Waals surface area contributed by atoms with Crippen LogP contribution in [0, 0.1) is 46.5 Å². The summed E-state index contributed by atoms with van der Waals surface area (Å²) in [6.07, 6.45) is 5.15. The Hall–Kier alpha value is -17.0. The van der Waals surface area contributed by atoms with Crippen molar-refractivity contribution in [2.24, 2.45) is 0 Å². The molecule has 20 N–H and O–H groups in total. The number of H-pyrrole nitrogens is 4. The number of hydrogen-bond donors (Lipinski definition) is 16. The van der Waals surface area contributed by atoms with Gasteiger partial charge in [0, 0.05) is 125 Å². The smallest absolute Gasteiger partial charge is 0.235 e. The predicted molar refractivity (Wildman–Crippen MR) is 469 cm³/mol. The third-order valence-corrected chi connectivity index (χ3v) is 19.8. The van der Waals surface area contributed by atoms with Gasteiger partial charge in [-0.25, -0.2) is 35.1 Å². The molecule has 7 aromatic carbocycles. The predicted octanol–water partition coefficient (Wildman–Crippen LogP) is 15.1. The van der Waals surface area contributed by atoms with Crippen molar-refractivity contribution in [3.63, 3.8) is 0 Å². The lowest BCUT2D eigenvalue weighted by molar-refractivity contribution is 0.0845. The first-order valence-electron chi connectivity index (χ1n) is 39.9. The van der Waals surface area contributed by atoms with E-state index < -0.39 is 70.7 Å². The van der Waals surface area contributed by atoms with E-state index in [0.717, 1.165) is 95.1 Å². The number of ether oxygens (including phenoxy) is 5. The molecule has 0 radical (unpaired) electrons. The van der Waals surface area contributed by atoms with E-state index in [9.17, 15) is 35.1 Å². The lowest BCUT2D eigenvalue weighted by atomic mass is 9.97. The van der Waals surface area contributed by atoms with E-state index in [4.69, 9.17) is 46.6 Å². The SMILES string of the molecule is CC(Nc1nc(N)nc(Nc2cc(-c3ccc4c(c3)OCO4)[nH]n2)n1)c1ccc(F)cc1F.CC(Nc1nc(N)nc(Nc2cc(C3CCOCC3)[nH]n2)n1)c1ccc(F)cc1F.COc1ccc(-c2cc(Nc3nc(N)nc(NC(C)c4ccc(F)cc4F)n3)n[nH]2)cc1OC.C[C@H](Nc1nc(N)nc(Nc2cc(-c3ccc4nccnc4c3)[nH]n2)n1)c1ccc(F)cc1F. The zero-order valence-corrected chi connectivity index (χ0v) is 69.9. The Labute approximate surface area is 737 Å². The van der Waals surface area contributed by atoms with Crippen LogP contribution in [0.15, 0.2) is 164 Å². The van der Waals surface area contributed by atoms with E-state index in [1.165, 1.54) is 48.5 Å². The topological polar surface area (TPSA) is 542 Å². The number of anilines is 16. The normalized spacial score (nSPS) is 13.0. The Morgan fingerprint density at radius 1 is 0.351 bits per heavy atom. The molecule has 2 aliphatic heterocycles. The van der Waals surface area contributed by atoms with E-state index in [-0.39, 0.29) is 100 Å². The van der Waals surface area contributed by atoms with Gasteiger partial charge in [-0.2, -0.15) is 80.2 Å². The van der Waals surface area contributed by atoms with Gasteiger partial charge in [-0.05, 0) is 113 Å². The molecule has 39 nitrogen and oxygen atoms in total. The van der Waals surface area contributed by atoms with Crippen molar-refractivity contribution in [3.8, 4) is 56.8 Å². The standard InChI is InChI=1S/C22H18F2N10.C22H22F2N8O2.C21H18F2N8O2.C19H22F2N8O/c1-11(14-4-3-13(23)9-15(14)24)28-21-30-20(25)31-22(32-21)29-19-10-17(33-34-19)12-2-5-16-18(8-12)27-7-6-26-16;1-11(14-6-5-13(23)9-15(14)24)26-21-28-20(25)29-22(30-21)27-19-10-16(31-32-19)12-4-7-17(33-2)18(8-12)34-3;1-10(13-4-3-12(22)7-14(13)23)25-20-27-19(24)28-21(29-20)26-18-8-15(30-31-18)11-2-5-16-17(6-11)33-9-32-16;1-10(13-3-2-12(20)8-14(13)21)23-18-25-17(22)26-19(27-18)24-16-9-15(28-29-16)11-4-6-30-7-5-11/h2-11H,1H3,(H5,25,28,29,30,31,32,33,34);4-11H,1-3H3,(H5,25,26,27,28,29,30,31,32);2-8,10H,9H2,1H3,(H5,24,25,26,27,28,29,30,31);2-3,8-11H,4-7H2,1H3,(H5,22,23,24,25,26,27,28,29)/t11-;;;/m0.../s1. The number of fused-ring (bicyclic) bond motifs is 2. The first kappa shape index (κ1) is 88.8. The van der Waals surface area contributed by atoms with Crippen LogP contribution in [0.5, 0.6) is 23.0 Å². The summed E-state index contributed by atoms with van der Waals surface area (Å²) in [5, 5.41) is 52.4. The molecule has 0 spiro atoms. The molecule has 2 aliphatic rings. The molecular weight excluding hydrogens is 1720 g/mol. The molecule has 4 atom stereocenters. The summed E-state index contributed by atoms with van der Waals surface area (Å²) in [5.74, 6) is 0.427. The zero-order chi connectivity index (χ0) is 91.9. The van der Waals surface area contributed by atoms with Gasteiger partial charge in [-0.1, -0.05) is 30.3 Å². The van der Waals surface area contributed by atoms with Crippen LogP contribution in [0.1, 0.15) is 98.6 Å². The fraction of sp³-hybridized carbons (Fsp3) is 0.190. The minimum absolute atomic E-state index is 0.0121. The lowest BCUT2D eigenvalue weighted by Crippen LogP contribution is -2.14. The number of aromatic amines is 4. The maximum Gasteiger partial charge on any atom is 0.235 e. The van der Waals surface area contributed by atoms with Gasteiger partial charge < -0.3 is 89.2 Å². The third-order valence-electron chi connectivity index (χ3n) is 19.8. The second-order valence-electron chi connectivity index (χ2n) is 29.0. The van der Waals surface area contributed by atoms with Gasteiger partial charge in [-0.3, -0.25) is 30.4 Å². The highest BCUT2D eigenvalue weighted by molar-refractivity contribution is 5.81. The number of nitrogens with one attached hydrogen (secondary N) is 12. The van der Waals surface area contributed by atoms with Gasteiger partial charge in [0.05, 0.1) is 66.5 Å². The summed E-state index contributed by atoms with van der Waals surface area (Å²) < 4.78 is 136. The van der Waals surface area contributed by atoms with Crippen molar-refractivity contribution in [2.75, 3.05) is 99.7 Å². The second-order valence-corrected chi connectivity index (χ2v) is 29.0. The fourth-order valence-corrected chi connectivity index (χ4v) is 13.4. The minimum atomic E-state index is -0.681. The van der Waals surface area contributed by atoms with Gasteiger partial charge in [0.2, 0.25) is 78.2 Å². The number of aromatic nitrogens is 22. The van der Waals surface area contributed by atoms with Gasteiger partial charge in [-0.15, -0.1) is 0 Å². The first-order chi connectivity index (χ1) is 63.2. The number of nitrogen functional groups attached to an aromatic ring is 4. The summed E-state index contributed by atoms with van der Waals surface area (Å²) in [6, 6.07) is 35.2. The highest BCUT2D eigenvalue weighted by Gasteiger charge is 2.25. The van der Waals surface area contributed by atoms with E-state index >= 15 is 0 Å². The van der Waals surface area contributed by atoms with Crippen LogP contribution in [-0.4, -0.2) is 145 Å². The Bertz CT molecular complexity index is 6730. The summed E-state index contributed by atoms with van der Waals surface area (Å²) in [4.78, 5) is 58.0. The number of halogens is 8. The summed E-state index contributed by atoms with van der Waals surface area (Å²) in [6.45, 7) is 8.44. The van der Waals surface area contributed by atoms with E-state index in [1.54, 1.807) is 78.6 Å². The van der Waals surface area contributed by atoms with E-state index in [1.807, 2.05) is 54.6 Å². The van der Waals surface area contributed by atoms with Crippen molar-refractivity contribution < 1.29 is 58.8 Å². The van der Waals surface area contributed by atoms with Crippen molar-refractivity contribution in [2.45, 2.75) is 70.6 Å². The maximum atomic E-state index is 14.1. The molecule has 0 aliphatic carbocycles. The molecule has 131 heavy (non-hydrogen) atoms. The summed E-state index contributed by atoms with van der Waals surface area (Å²) in [7, 11) is 3.12. The zero-order valence-electron chi connectivity index (χ0n) is 69.9. The minimum Gasteiger partial charge on any atom is -0.493 e. The molecule has 11 heterocycles. The fourth-order valence-electron chi connectivity index (χ4n) is 13.4. The molecule has 672 valence electrons. The van der Waals surface area contributed by atoms with Crippen molar-refractivity contribution in [1.29, 1.82) is 0 Å². The highest BCUT2D eigenvalue weighted by atomic mass is 19.2. The molecule has 18 rings (SSSR count). The molecule has 1 saturated heterocycles. The van der Waals surface area contributed by atoms with Gasteiger partial charge in [0.25, 0.3) is 0 Å². The van der Waals surface area contributed by atoms with Crippen LogP contribution in [0.3, 0.4) is 0 Å². The van der Waals surface area contributed by atoms with Crippen LogP contribution >= 0.6 is 0 Å². The van der Waals surface area contributed by atoms with E-state index in [2.05, 4.69) is 153 Å².